The molecular formula is C104H66N8O4. The van der Waals surface area contributed by atoms with Gasteiger partial charge in [-0.1, -0.05) is 364 Å². The highest BCUT2D eigenvalue weighted by Crippen LogP contribution is 2.53. The lowest BCUT2D eigenvalue weighted by molar-refractivity contribution is 0.488. The lowest BCUT2D eigenvalue weighted by atomic mass is 9.97. The highest BCUT2D eigenvalue weighted by Gasteiger charge is 2.31. The summed E-state index contributed by atoms with van der Waals surface area (Å²) in [6.07, 6.45) is 0. The first kappa shape index (κ1) is 68.1. The number of ether oxygens (including phenoxy) is 4. The fourth-order valence-corrected chi connectivity index (χ4v) is 16.0. The normalized spacial score (nSPS) is 11.4. The van der Waals surface area contributed by atoms with E-state index < -0.39 is 0 Å². The van der Waals surface area contributed by atoms with Gasteiger partial charge in [-0.3, -0.25) is 0 Å². The van der Waals surface area contributed by atoms with E-state index in [9.17, 15) is 0 Å². The number of nitrogens with zero attached hydrogens (tertiary/aromatic N) is 6. The molecule has 3 aromatic heterocycles. The van der Waals surface area contributed by atoms with Crippen LogP contribution in [-0.4, -0.2) is 39.9 Å². The zero-order valence-electron chi connectivity index (χ0n) is 62.3. The number of aromatic amines is 2. The van der Waals surface area contributed by atoms with Gasteiger partial charge < -0.3 is 28.9 Å². The van der Waals surface area contributed by atoms with Gasteiger partial charge in [0, 0.05) is 66.4 Å². The zero-order valence-corrected chi connectivity index (χ0v) is 62.3. The largest absolute Gasteiger partial charge is 0.455 e. The monoisotopic (exact) mass is 1490 g/mol. The molecule has 21 rings (SSSR count). The van der Waals surface area contributed by atoms with E-state index in [0.717, 1.165) is 89.0 Å². The number of hydrogen-bond acceptors (Lipinski definition) is 10. The van der Waals surface area contributed by atoms with Crippen LogP contribution in [0.5, 0.6) is 46.0 Å². The Labute approximate surface area is 667 Å². The van der Waals surface area contributed by atoms with Crippen LogP contribution in [0.1, 0.15) is 0 Å². The van der Waals surface area contributed by atoms with Gasteiger partial charge in [0.1, 0.15) is 68.6 Å². The maximum atomic E-state index is 7.61. The average Bonchev–Trinajstić information content (AvgIpc) is 1.58. The quantitative estimate of drug-likeness (QED) is 0.0959. The molecule has 0 aliphatic carbocycles. The van der Waals surface area contributed by atoms with E-state index in [1.54, 1.807) is 0 Å². The predicted octanol–water partition coefficient (Wildman–Crippen LogP) is 27.4. The van der Waals surface area contributed by atoms with Crippen molar-refractivity contribution in [2.24, 2.45) is 0 Å². The Bertz CT molecular complexity index is 6510. The molecule has 0 saturated carbocycles. The summed E-state index contributed by atoms with van der Waals surface area (Å²) < 4.78 is 30.4. The Morgan fingerprint density at radius 3 is 0.629 bits per heavy atom. The van der Waals surface area contributed by atoms with Gasteiger partial charge in [-0.25, -0.2) is 29.9 Å². The molecule has 0 atom stereocenters. The third-order valence-electron chi connectivity index (χ3n) is 21.4. The molecule has 16 aromatic carbocycles. The maximum Gasteiger partial charge on any atom is 0.168 e. The minimum atomic E-state index is 0.315. The lowest BCUT2D eigenvalue weighted by Gasteiger charge is -2.18. The zero-order chi connectivity index (χ0) is 76.8. The van der Waals surface area contributed by atoms with Gasteiger partial charge in [0.2, 0.25) is 0 Å². The maximum absolute atomic E-state index is 7.61. The van der Waals surface area contributed by atoms with Gasteiger partial charge in [0.25, 0.3) is 0 Å². The van der Waals surface area contributed by atoms with E-state index in [0.29, 0.717) is 136 Å². The van der Waals surface area contributed by atoms with Crippen LogP contribution in [0, 0.1) is 0 Å². The molecule has 0 spiro atoms. The van der Waals surface area contributed by atoms with Gasteiger partial charge in [-0.15, -0.1) is 0 Å². The first-order valence-electron chi connectivity index (χ1n) is 38.6. The van der Waals surface area contributed by atoms with Crippen molar-refractivity contribution < 1.29 is 18.9 Å². The molecule has 0 fully saturated rings. The van der Waals surface area contributed by atoms with Crippen LogP contribution in [0.25, 0.3) is 179 Å². The molecule has 0 unspecified atom stereocenters. The topological polar surface area (TPSA) is 146 Å². The Morgan fingerprint density at radius 1 is 0.164 bits per heavy atom. The Morgan fingerprint density at radius 2 is 0.371 bits per heavy atom. The molecule has 19 aromatic rings. The predicted molar refractivity (Wildman–Crippen MR) is 466 cm³/mol. The van der Waals surface area contributed by atoms with E-state index in [1.807, 2.05) is 218 Å². The second-order valence-corrected chi connectivity index (χ2v) is 28.4. The van der Waals surface area contributed by atoms with Crippen molar-refractivity contribution >= 4 is 44.1 Å². The highest BCUT2D eigenvalue weighted by atomic mass is 16.5. The second-order valence-electron chi connectivity index (χ2n) is 28.4. The van der Waals surface area contributed by atoms with E-state index in [-0.39, 0.29) is 0 Å². The van der Waals surface area contributed by atoms with Crippen molar-refractivity contribution in [1.29, 1.82) is 0 Å². The summed E-state index contributed by atoms with van der Waals surface area (Å²) in [5.41, 5.74) is 19.2. The molecule has 116 heavy (non-hydrogen) atoms. The first-order valence-corrected chi connectivity index (χ1v) is 38.6. The summed E-state index contributed by atoms with van der Waals surface area (Å²) in [6.45, 7) is 0. The van der Waals surface area contributed by atoms with Crippen molar-refractivity contribution in [2.45, 2.75) is 0 Å². The Kier molecular flexibility index (Phi) is 17.3. The lowest BCUT2D eigenvalue weighted by Crippen LogP contribution is -1.95. The second kappa shape index (κ2) is 29.4. The Balaban J connectivity index is 0.864. The van der Waals surface area contributed by atoms with Crippen LogP contribution in [-0.2, 0) is 0 Å². The minimum absolute atomic E-state index is 0.315. The number of H-pyrrole nitrogens is 2. The van der Waals surface area contributed by atoms with Gasteiger partial charge in [-0.05, 0) is 68.8 Å². The van der Waals surface area contributed by atoms with Crippen LogP contribution in [0.3, 0.4) is 0 Å². The van der Waals surface area contributed by atoms with Crippen LogP contribution >= 0.6 is 0 Å². The molecule has 0 amide bonds. The van der Waals surface area contributed by atoms with E-state index in [2.05, 4.69) is 180 Å². The molecule has 0 radical (unpaired) electrons. The molecule has 2 aliphatic heterocycles. The van der Waals surface area contributed by atoms with Crippen molar-refractivity contribution in [1.82, 2.24) is 39.9 Å². The summed E-state index contributed by atoms with van der Waals surface area (Å²) in [5.74, 6) is 5.90. The third-order valence-corrected chi connectivity index (χ3v) is 21.4. The first-order chi connectivity index (χ1) is 57.5. The van der Waals surface area contributed by atoms with Crippen molar-refractivity contribution in [3.63, 3.8) is 0 Å². The summed E-state index contributed by atoms with van der Waals surface area (Å²) in [6, 6.07) is 132. The molecule has 2 aliphatic rings. The summed E-state index contributed by atoms with van der Waals surface area (Å²) in [5, 5.41) is 2.62. The number of rotatable bonds is 16. The molecule has 5 heterocycles. The highest BCUT2D eigenvalue weighted by molar-refractivity contribution is 6.11. The van der Waals surface area contributed by atoms with Crippen molar-refractivity contribution in [3.05, 3.63) is 388 Å². The van der Waals surface area contributed by atoms with Crippen molar-refractivity contribution in [3.8, 4) is 181 Å². The molecule has 8 bridgehead atoms. The summed E-state index contributed by atoms with van der Waals surface area (Å²) in [4.78, 5) is 41.8. The van der Waals surface area contributed by atoms with Crippen LogP contribution < -0.4 is 18.9 Å². The number of hydrogen-bond donors (Lipinski definition) is 2. The third kappa shape index (κ3) is 12.5. The fourth-order valence-electron chi connectivity index (χ4n) is 16.0. The average molecular weight is 1490 g/mol. The van der Waals surface area contributed by atoms with Crippen LogP contribution in [0.2, 0.25) is 0 Å². The summed E-state index contributed by atoms with van der Waals surface area (Å²) in [7, 11) is 0. The minimum Gasteiger partial charge on any atom is -0.455 e. The molecule has 0 saturated heterocycles. The fraction of sp³-hybridized carbons (Fsp3) is 0. The number of nitrogens with one attached hydrogen (secondary N) is 2. The van der Waals surface area contributed by atoms with Gasteiger partial charge in [0.15, 0.2) is 23.3 Å². The number of aromatic nitrogens is 8. The van der Waals surface area contributed by atoms with Crippen LogP contribution in [0.4, 0.5) is 0 Å². The van der Waals surface area contributed by atoms with E-state index in [1.165, 1.54) is 0 Å². The number of benzene rings is 16. The summed E-state index contributed by atoms with van der Waals surface area (Å²) >= 11 is 0. The molecule has 546 valence electrons. The van der Waals surface area contributed by atoms with Gasteiger partial charge in [0.05, 0.1) is 21.9 Å². The van der Waals surface area contributed by atoms with E-state index in [4.69, 9.17) is 48.9 Å². The number of fused-ring (bicyclic) bond motifs is 20. The standard InChI is InChI=1S/C104H66N8O4/c1-9-33-65(34-10-1)73-49-25-50-74(66-35-11-2-12-36-66)93(73)113-85-61-29-57-81-89(85)101-105-97(81)110-102-91-83(59-31-63-87(91)115-95-77(69-41-17-5-18-42-69)53-27-54-78(95)70-43-19-6-20-44-70)99(107-102)112-104-92-84(60-32-64-88(92)116-96-79(71-45-21-7-22-46-71)55-28-56-80(96)72-47-23-8-24-48-72)100(108-104)111-103-90-82(98(106-103)109-101)58-30-62-86(90)114-94-75(67-37-13-3-14-38-67)51-26-52-76(94)68-39-15-4-16-40-68/h1-64H,(H2,105,106,107,108,109,110,111,112). The Hall–Kier alpha value is -15.9. The van der Waals surface area contributed by atoms with Gasteiger partial charge >= 0.3 is 0 Å². The van der Waals surface area contributed by atoms with Crippen molar-refractivity contribution in [2.75, 3.05) is 0 Å². The smallest absolute Gasteiger partial charge is 0.168 e. The van der Waals surface area contributed by atoms with Gasteiger partial charge in [-0.2, -0.15) is 0 Å². The van der Waals surface area contributed by atoms with E-state index >= 15 is 0 Å². The number of para-hydroxylation sites is 4. The molecule has 12 heteroatoms. The molecule has 2 N–H and O–H groups in total. The van der Waals surface area contributed by atoms with Crippen LogP contribution in [0.15, 0.2) is 388 Å². The molecular weight excluding hydrogens is 1430 g/mol. The SMILES string of the molecule is c1ccc(-c2cccc(-c3ccccc3)c2Oc2cccc3c2-c2nc-3nc3[nH]c(nc4nc(nc5[nH]c(n2)c2cccc(Oc6c(-c7ccccc7)cccc6-c6ccccc6)c52)-c2cccc(Oc5c(-c6ccccc6)cccc5-c5ccccc5)c2-4)c2cccc(Oc4c(-c5ccccc5)cccc4-c4ccccc4)c32)cc1. The molecule has 12 nitrogen and oxygen atoms in total.